The second kappa shape index (κ2) is 3.50. The monoisotopic (exact) mass is 252 g/mol. The third-order valence-electron chi connectivity index (χ3n) is 2.89. The van der Waals surface area contributed by atoms with E-state index in [9.17, 15) is 4.79 Å². The van der Waals surface area contributed by atoms with E-state index in [2.05, 4.69) is 28.9 Å². The molecule has 0 radical (unpaired) electrons. The molecule has 1 aliphatic carbocycles. The maximum Gasteiger partial charge on any atom is 0.166 e. The van der Waals surface area contributed by atoms with Crippen molar-refractivity contribution in [3.63, 3.8) is 0 Å². The van der Waals surface area contributed by atoms with Crippen molar-refractivity contribution in [1.29, 1.82) is 0 Å². The third kappa shape index (κ3) is 1.42. The van der Waals surface area contributed by atoms with Crippen LogP contribution in [0.15, 0.2) is 16.6 Å². The van der Waals surface area contributed by atoms with Gasteiger partial charge in [-0.25, -0.2) is 0 Å². The Bertz CT molecular complexity index is 396. The molecule has 0 aromatic heterocycles. The number of hydrogen-bond donors (Lipinski definition) is 0. The molecular weight excluding hydrogens is 240 g/mol. The van der Waals surface area contributed by atoms with E-state index in [1.807, 2.05) is 13.0 Å². The summed E-state index contributed by atoms with van der Waals surface area (Å²) in [6, 6.07) is 4.18. The van der Waals surface area contributed by atoms with Crippen molar-refractivity contribution in [2.75, 3.05) is 0 Å². The van der Waals surface area contributed by atoms with Gasteiger partial charge in [0, 0.05) is 16.0 Å². The summed E-state index contributed by atoms with van der Waals surface area (Å²) < 4.78 is 1.10. The molecule has 0 bridgehead atoms. The molecule has 2 rings (SSSR count). The summed E-state index contributed by atoms with van der Waals surface area (Å²) in [7, 11) is 0. The standard InChI is InChI=1S/C12H13BrO/c1-3-8-5-10-9(11(13)6-8)4-7(2)12(10)14/h5-7H,3-4H2,1-2H3. The summed E-state index contributed by atoms with van der Waals surface area (Å²) in [5, 5.41) is 0. The molecule has 1 aliphatic rings. The quantitative estimate of drug-likeness (QED) is 0.749. The molecule has 1 unspecified atom stereocenters. The fraction of sp³-hybridized carbons (Fsp3) is 0.417. The summed E-state index contributed by atoms with van der Waals surface area (Å²) in [6.07, 6.45) is 1.87. The second-order valence-electron chi connectivity index (χ2n) is 3.93. The Morgan fingerprint density at radius 3 is 2.86 bits per heavy atom. The highest BCUT2D eigenvalue weighted by atomic mass is 79.9. The Labute approximate surface area is 92.6 Å². The number of aryl methyl sites for hydroxylation is 1. The molecule has 1 aromatic carbocycles. The van der Waals surface area contributed by atoms with E-state index < -0.39 is 0 Å². The van der Waals surface area contributed by atoms with E-state index in [0.29, 0.717) is 5.78 Å². The molecule has 1 atom stereocenters. The average molecular weight is 253 g/mol. The van der Waals surface area contributed by atoms with Gasteiger partial charge in [-0.15, -0.1) is 0 Å². The van der Waals surface area contributed by atoms with Crippen LogP contribution in [0.25, 0.3) is 0 Å². The molecule has 74 valence electrons. The Morgan fingerprint density at radius 1 is 1.50 bits per heavy atom. The first-order valence-electron chi connectivity index (χ1n) is 4.99. The van der Waals surface area contributed by atoms with E-state index in [4.69, 9.17) is 0 Å². The number of ketones is 1. The minimum absolute atomic E-state index is 0.161. The first kappa shape index (κ1) is 9.91. The molecule has 0 aliphatic heterocycles. The van der Waals surface area contributed by atoms with Crippen molar-refractivity contribution in [1.82, 2.24) is 0 Å². The molecule has 0 N–H and O–H groups in total. The van der Waals surface area contributed by atoms with Crippen LogP contribution >= 0.6 is 15.9 Å². The van der Waals surface area contributed by atoms with Gasteiger partial charge < -0.3 is 0 Å². The van der Waals surface area contributed by atoms with Crippen molar-refractivity contribution in [3.05, 3.63) is 33.3 Å². The molecule has 0 saturated carbocycles. The van der Waals surface area contributed by atoms with Crippen LogP contribution in [0.3, 0.4) is 0 Å². The van der Waals surface area contributed by atoms with Crippen LogP contribution in [-0.2, 0) is 12.8 Å². The van der Waals surface area contributed by atoms with Gasteiger partial charge in [0.25, 0.3) is 0 Å². The topological polar surface area (TPSA) is 17.1 Å². The highest BCUT2D eigenvalue weighted by Crippen LogP contribution is 2.33. The van der Waals surface area contributed by atoms with E-state index in [1.165, 1.54) is 11.1 Å². The number of hydrogen-bond acceptors (Lipinski definition) is 1. The number of fused-ring (bicyclic) bond motifs is 1. The van der Waals surface area contributed by atoms with Gasteiger partial charge in [0.1, 0.15) is 0 Å². The zero-order valence-electron chi connectivity index (χ0n) is 8.43. The molecule has 0 fully saturated rings. The van der Waals surface area contributed by atoms with Crippen molar-refractivity contribution in [2.45, 2.75) is 26.7 Å². The lowest BCUT2D eigenvalue weighted by Crippen LogP contribution is -2.03. The van der Waals surface area contributed by atoms with Gasteiger partial charge in [-0.2, -0.15) is 0 Å². The summed E-state index contributed by atoms with van der Waals surface area (Å²) in [5.41, 5.74) is 3.36. The lowest BCUT2D eigenvalue weighted by Gasteiger charge is -2.04. The molecule has 1 nitrogen and oxygen atoms in total. The predicted molar refractivity (Wildman–Crippen MR) is 60.7 cm³/mol. The number of halogens is 1. The molecule has 0 heterocycles. The van der Waals surface area contributed by atoms with Crippen molar-refractivity contribution in [3.8, 4) is 0 Å². The SMILES string of the molecule is CCc1cc(Br)c2c(c1)C(=O)C(C)C2. The Kier molecular flexibility index (Phi) is 2.48. The van der Waals surface area contributed by atoms with E-state index in [0.717, 1.165) is 22.9 Å². The van der Waals surface area contributed by atoms with Gasteiger partial charge in [0.15, 0.2) is 5.78 Å². The van der Waals surface area contributed by atoms with Crippen LogP contribution in [0.4, 0.5) is 0 Å². The number of rotatable bonds is 1. The van der Waals surface area contributed by atoms with Crippen LogP contribution in [0, 0.1) is 5.92 Å². The summed E-state index contributed by atoms with van der Waals surface area (Å²) >= 11 is 3.54. The van der Waals surface area contributed by atoms with Crippen molar-refractivity contribution < 1.29 is 4.79 Å². The number of carbonyl (C=O) groups is 1. The van der Waals surface area contributed by atoms with Crippen LogP contribution in [0.1, 0.15) is 35.3 Å². The molecule has 0 amide bonds. The molecule has 14 heavy (non-hydrogen) atoms. The maximum atomic E-state index is 11.8. The van der Waals surface area contributed by atoms with Gasteiger partial charge in [-0.05, 0) is 36.1 Å². The van der Waals surface area contributed by atoms with E-state index >= 15 is 0 Å². The third-order valence-corrected chi connectivity index (χ3v) is 3.59. The first-order chi connectivity index (χ1) is 6.63. The second-order valence-corrected chi connectivity index (χ2v) is 4.78. The highest BCUT2D eigenvalue weighted by molar-refractivity contribution is 9.10. The van der Waals surface area contributed by atoms with Gasteiger partial charge >= 0.3 is 0 Å². The molecule has 2 heteroatoms. The van der Waals surface area contributed by atoms with Crippen LogP contribution in [0.5, 0.6) is 0 Å². The largest absolute Gasteiger partial charge is 0.294 e. The lowest BCUT2D eigenvalue weighted by molar-refractivity contribution is 0.0946. The number of benzene rings is 1. The summed E-state index contributed by atoms with van der Waals surface area (Å²) in [4.78, 5) is 11.8. The van der Waals surface area contributed by atoms with Gasteiger partial charge in [0.2, 0.25) is 0 Å². The molecule has 0 spiro atoms. The zero-order valence-corrected chi connectivity index (χ0v) is 10.0. The minimum atomic E-state index is 0.161. The van der Waals surface area contributed by atoms with Crippen molar-refractivity contribution >= 4 is 21.7 Å². The number of carbonyl (C=O) groups excluding carboxylic acids is 1. The minimum Gasteiger partial charge on any atom is -0.294 e. The normalized spacial score (nSPS) is 19.9. The summed E-state index contributed by atoms with van der Waals surface area (Å²) in [5.74, 6) is 0.462. The maximum absolute atomic E-state index is 11.8. The zero-order chi connectivity index (χ0) is 10.3. The van der Waals surface area contributed by atoms with Crippen molar-refractivity contribution in [2.24, 2.45) is 5.92 Å². The van der Waals surface area contributed by atoms with Crippen LogP contribution in [-0.4, -0.2) is 5.78 Å². The highest BCUT2D eigenvalue weighted by Gasteiger charge is 2.28. The molecule has 0 saturated heterocycles. The van der Waals surface area contributed by atoms with Gasteiger partial charge in [-0.1, -0.05) is 29.8 Å². The van der Waals surface area contributed by atoms with Gasteiger partial charge in [0.05, 0.1) is 0 Å². The Morgan fingerprint density at radius 2 is 2.21 bits per heavy atom. The first-order valence-corrected chi connectivity index (χ1v) is 5.78. The average Bonchev–Trinajstić information content (AvgIpc) is 2.45. The smallest absolute Gasteiger partial charge is 0.166 e. The Hall–Kier alpha value is -0.630. The predicted octanol–water partition coefficient (Wildman–Crippen LogP) is 3.39. The lowest BCUT2D eigenvalue weighted by atomic mass is 10.0. The number of Topliss-reactive ketones (excluding diaryl/α,β-unsaturated/α-hetero) is 1. The molecular formula is C12H13BrO. The fourth-order valence-electron chi connectivity index (χ4n) is 1.99. The fourth-order valence-corrected chi connectivity index (χ4v) is 2.66. The van der Waals surface area contributed by atoms with E-state index in [-0.39, 0.29) is 5.92 Å². The molecule has 1 aromatic rings. The van der Waals surface area contributed by atoms with E-state index in [1.54, 1.807) is 0 Å². The Balaban J connectivity index is 2.58. The van der Waals surface area contributed by atoms with Crippen LogP contribution in [0.2, 0.25) is 0 Å². The summed E-state index contributed by atoms with van der Waals surface area (Å²) in [6.45, 7) is 4.11. The van der Waals surface area contributed by atoms with Gasteiger partial charge in [-0.3, -0.25) is 4.79 Å². The van der Waals surface area contributed by atoms with Crippen LogP contribution < -0.4 is 0 Å².